The van der Waals surface area contributed by atoms with E-state index in [2.05, 4.69) is 45.3 Å². The number of aryl methyl sites for hydroxylation is 3. The lowest BCUT2D eigenvalue weighted by molar-refractivity contribution is -0.137. The molecule has 1 aliphatic rings. The first-order valence-electron chi connectivity index (χ1n) is 12.7. The summed E-state index contributed by atoms with van der Waals surface area (Å²) < 4.78 is 1.93. The Balaban J connectivity index is 1.23. The first-order chi connectivity index (χ1) is 17.4. The van der Waals surface area contributed by atoms with Crippen molar-refractivity contribution in [3.63, 3.8) is 0 Å². The van der Waals surface area contributed by atoms with Crippen LogP contribution in [0.25, 0.3) is 16.7 Å². The minimum atomic E-state index is -0.761. The van der Waals surface area contributed by atoms with Crippen molar-refractivity contribution in [3.8, 4) is 5.69 Å². The van der Waals surface area contributed by atoms with E-state index in [9.17, 15) is 9.90 Å². The average Bonchev–Trinajstić information content (AvgIpc) is 3.47. The summed E-state index contributed by atoms with van der Waals surface area (Å²) in [6, 6.07) is 18.4. The van der Waals surface area contributed by atoms with Gasteiger partial charge in [0.15, 0.2) is 5.65 Å². The van der Waals surface area contributed by atoms with E-state index < -0.39 is 5.97 Å². The molecular formula is C29H33N5O2. The first-order valence-corrected chi connectivity index (χ1v) is 12.7. The van der Waals surface area contributed by atoms with Crippen LogP contribution in [0.3, 0.4) is 0 Å². The summed E-state index contributed by atoms with van der Waals surface area (Å²) in [5.74, 6) is -0.229. The lowest BCUT2D eigenvalue weighted by Gasteiger charge is -2.24. The largest absolute Gasteiger partial charge is 0.481 e. The number of hydrogen-bond acceptors (Lipinski definition) is 5. The van der Waals surface area contributed by atoms with Gasteiger partial charge >= 0.3 is 5.97 Å². The van der Waals surface area contributed by atoms with Gasteiger partial charge in [0.25, 0.3) is 0 Å². The number of benzene rings is 1. The number of carboxylic acids is 1. The van der Waals surface area contributed by atoms with Crippen molar-refractivity contribution in [3.05, 3.63) is 83.4 Å². The smallest absolute Gasteiger partial charge is 0.304 e. The fourth-order valence-electron chi connectivity index (χ4n) is 5.41. The molecule has 1 unspecified atom stereocenters. The van der Waals surface area contributed by atoms with Crippen LogP contribution in [0.1, 0.15) is 47.8 Å². The molecule has 2 atom stereocenters. The van der Waals surface area contributed by atoms with Gasteiger partial charge in [-0.25, -0.2) is 14.6 Å². The molecule has 186 valence electrons. The van der Waals surface area contributed by atoms with Gasteiger partial charge in [0.1, 0.15) is 0 Å². The van der Waals surface area contributed by atoms with Crippen LogP contribution in [0.4, 0.5) is 0 Å². The van der Waals surface area contributed by atoms with E-state index in [0.717, 1.165) is 78.3 Å². The third-order valence-electron chi connectivity index (χ3n) is 7.20. The number of rotatable bonds is 9. The normalized spacial score (nSPS) is 17.0. The molecule has 0 amide bonds. The van der Waals surface area contributed by atoms with Crippen molar-refractivity contribution in [2.24, 2.45) is 5.92 Å². The highest BCUT2D eigenvalue weighted by atomic mass is 16.4. The monoisotopic (exact) mass is 483 g/mol. The molecule has 4 heterocycles. The molecule has 1 fully saturated rings. The molecule has 1 N–H and O–H groups in total. The zero-order valence-electron chi connectivity index (χ0n) is 21.0. The minimum absolute atomic E-state index is 0.0635. The zero-order chi connectivity index (χ0) is 25.1. The van der Waals surface area contributed by atoms with Gasteiger partial charge in [-0.05, 0) is 93.6 Å². The first kappa shape index (κ1) is 24.1. The Labute approximate surface area is 211 Å². The SMILES string of the molecule is Cc1cc(C)n(-c2cccc(C(CC(=O)O)CN3CC[C@@H](CCc4ccc5cccnc5n4)C3)c2)n1. The van der Waals surface area contributed by atoms with Gasteiger partial charge in [0.05, 0.1) is 17.8 Å². The van der Waals surface area contributed by atoms with Gasteiger partial charge in [-0.15, -0.1) is 0 Å². The Morgan fingerprint density at radius 2 is 2.03 bits per heavy atom. The molecule has 0 spiro atoms. The van der Waals surface area contributed by atoms with Crippen LogP contribution in [0.2, 0.25) is 0 Å². The number of fused-ring (bicyclic) bond motifs is 1. The Morgan fingerprint density at radius 3 is 2.83 bits per heavy atom. The number of carbonyl (C=O) groups is 1. The van der Waals surface area contributed by atoms with Gasteiger partial charge in [-0.3, -0.25) is 4.79 Å². The van der Waals surface area contributed by atoms with Crippen molar-refractivity contribution in [1.82, 2.24) is 24.6 Å². The summed E-state index contributed by atoms with van der Waals surface area (Å²) in [6.07, 6.45) is 5.06. The number of aromatic nitrogens is 4. The fourth-order valence-corrected chi connectivity index (χ4v) is 5.41. The standard InChI is InChI=1S/C29H33N5O2/c1-20-15-21(2)34(32-20)27-7-3-5-24(16-27)25(17-28(35)36)19-33-14-12-22(18-33)8-10-26-11-9-23-6-4-13-30-29(23)31-26/h3-7,9,11,13,15-16,22,25H,8,10,12,14,17-19H2,1-2H3,(H,35,36)/t22-,25?/m1/s1. The molecule has 7 nitrogen and oxygen atoms in total. The topological polar surface area (TPSA) is 84.1 Å². The second-order valence-electron chi connectivity index (χ2n) is 10.0. The highest BCUT2D eigenvalue weighted by molar-refractivity contribution is 5.74. The summed E-state index contributed by atoms with van der Waals surface area (Å²) in [6.45, 7) is 6.78. The summed E-state index contributed by atoms with van der Waals surface area (Å²) in [5, 5.41) is 15.3. The molecular weight excluding hydrogens is 450 g/mol. The maximum Gasteiger partial charge on any atom is 0.304 e. The van der Waals surface area contributed by atoms with Crippen molar-refractivity contribution >= 4 is 17.0 Å². The van der Waals surface area contributed by atoms with Crippen molar-refractivity contribution in [2.45, 2.75) is 45.4 Å². The van der Waals surface area contributed by atoms with Gasteiger partial charge in [0, 0.05) is 42.0 Å². The molecule has 0 radical (unpaired) electrons. The van der Waals surface area contributed by atoms with Crippen molar-refractivity contribution in [2.75, 3.05) is 19.6 Å². The van der Waals surface area contributed by atoms with Crippen molar-refractivity contribution in [1.29, 1.82) is 0 Å². The lowest BCUT2D eigenvalue weighted by Crippen LogP contribution is -2.28. The van der Waals surface area contributed by atoms with Crippen molar-refractivity contribution < 1.29 is 9.90 Å². The number of carboxylic acid groups (broad SMARTS) is 1. The molecule has 7 heteroatoms. The molecule has 1 saturated heterocycles. The third kappa shape index (κ3) is 5.62. The zero-order valence-corrected chi connectivity index (χ0v) is 21.0. The molecule has 3 aromatic heterocycles. The molecule has 0 bridgehead atoms. The maximum absolute atomic E-state index is 11.7. The minimum Gasteiger partial charge on any atom is -0.481 e. The van der Waals surface area contributed by atoms with Crippen LogP contribution in [-0.4, -0.2) is 55.4 Å². The van der Waals surface area contributed by atoms with E-state index in [-0.39, 0.29) is 12.3 Å². The fraction of sp³-hybridized carbons (Fsp3) is 0.379. The quantitative estimate of drug-likeness (QED) is 0.363. The lowest BCUT2D eigenvalue weighted by atomic mass is 9.94. The summed E-state index contributed by atoms with van der Waals surface area (Å²) in [7, 11) is 0. The summed E-state index contributed by atoms with van der Waals surface area (Å²) in [4.78, 5) is 23.3. The molecule has 36 heavy (non-hydrogen) atoms. The van der Waals surface area contributed by atoms with E-state index in [4.69, 9.17) is 4.98 Å². The Bertz CT molecular complexity index is 1360. The highest BCUT2D eigenvalue weighted by Gasteiger charge is 2.26. The Morgan fingerprint density at radius 1 is 1.14 bits per heavy atom. The van der Waals surface area contributed by atoms with Crippen LogP contribution in [0.5, 0.6) is 0 Å². The average molecular weight is 484 g/mol. The Hall–Kier alpha value is -3.58. The van der Waals surface area contributed by atoms with E-state index >= 15 is 0 Å². The van der Waals surface area contributed by atoms with Gasteiger partial charge in [-0.2, -0.15) is 5.10 Å². The van der Waals surface area contributed by atoms with Crippen LogP contribution in [-0.2, 0) is 11.2 Å². The number of likely N-dealkylation sites (tertiary alicyclic amines) is 1. The predicted molar refractivity (Wildman–Crippen MR) is 140 cm³/mol. The number of nitrogens with zero attached hydrogens (tertiary/aromatic N) is 5. The second kappa shape index (κ2) is 10.6. The molecule has 5 rings (SSSR count). The second-order valence-corrected chi connectivity index (χ2v) is 10.0. The number of pyridine rings is 2. The van der Waals surface area contributed by atoms with Gasteiger partial charge in [0.2, 0.25) is 0 Å². The molecule has 1 aliphatic heterocycles. The third-order valence-corrected chi connectivity index (χ3v) is 7.20. The van der Waals surface area contributed by atoms with Crippen LogP contribution in [0.15, 0.2) is 60.8 Å². The predicted octanol–water partition coefficient (Wildman–Crippen LogP) is 4.95. The van der Waals surface area contributed by atoms with E-state index in [0.29, 0.717) is 5.92 Å². The number of aliphatic carboxylic acids is 1. The summed E-state index contributed by atoms with van der Waals surface area (Å²) in [5.41, 5.74) is 5.97. The Kier molecular flexibility index (Phi) is 7.09. The van der Waals surface area contributed by atoms with E-state index in [1.807, 2.05) is 42.8 Å². The maximum atomic E-state index is 11.7. The van der Waals surface area contributed by atoms with Gasteiger partial charge < -0.3 is 10.0 Å². The van der Waals surface area contributed by atoms with E-state index in [1.165, 1.54) is 0 Å². The van der Waals surface area contributed by atoms with Gasteiger partial charge in [-0.1, -0.05) is 12.1 Å². The molecule has 4 aromatic rings. The molecule has 1 aromatic carbocycles. The van der Waals surface area contributed by atoms with Crippen LogP contribution >= 0.6 is 0 Å². The highest BCUT2D eigenvalue weighted by Crippen LogP contribution is 2.28. The molecule has 0 aliphatic carbocycles. The number of hydrogen-bond donors (Lipinski definition) is 1. The molecule has 0 saturated carbocycles. The van der Waals surface area contributed by atoms with Crippen LogP contribution in [0, 0.1) is 19.8 Å². The summed E-state index contributed by atoms with van der Waals surface area (Å²) >= 11 is 0. The van der Waals surface area contributed by atoms with E-state index in [1.54, 1.807) is 6.20 Å². The van der Waals surface area contributed by atoms with Crippen LogP contribution < -0.4 is 0 Å².